The molecule has 0 radical (unpaired) electrons. The number of amides is 2. The highest BCUT2D eigenvalue weighted by Gasteiger charge is 2.09. The molecular formula is C18H16N6O2. The summed E-state index contributed by atoms with van der Waals surface area (Å²) in [5.74, 6) is -0.500. The van der Waals surface area contributed by atoms with E-state index in [1.54, 1.807) is 43.0 Å². The SMILES string of the molecule is N#Cc1ccc(C(=O)Nc2cccc(NC(=O)CCn3ccnc3)c2)[nH]1. The summed E-state index contributed by atoms with van der Waals surface area (Å²) >= 11 is 0. The summed E-state index contributed by atoms with van der Waals surface area (Å²) in [6, 6.07) is 11.9. The maximum Gasteiger partial charge on any atom is 0.272 e. The van der Waals surface area contributed by atoms with Crippen molar-refractivity contribution in [2.75, 3.05) is 10.6 Å². The van der Waals surface area contributed by atoms with E-state index >= 15 is 0 Å². The Labute approximate surface area is 149 Å². The van der Waals surface area contributed by atoms with E-state index in [0.717, 1.165) is 0 Å². The third-order valence-electron chi connectivity index (χ3n) is 3.61. The Kier molecular flexibility index (Phi) is 5.10. The molecule has 0 atom stereocenters. The van der Waals surface area contributed by atoms with Gasteiger partial charge in [-0.2, -0.15) is 5.26 Å². The first-order chi connectivity index (χ1) is 12.6. The van der Waals surface area contributed by atoms with Crippen LogP contribution >= 0.6 is 0 Å². The van der Waals surface area contributed by atoms with Crippen LogP contribution < -0.4 is 10.6 Å². The van der Waals surface area contributed by atoms with Gasteiger partial charge >= 0.3 is 0 Å². The van der Waals surface area contributed by atoms with Crippen molar-refractivity contribution < 1.29 is 9.59 Å². The summed E-state index contributed by atoms with van der Waals surface area (Å²) in [4.78, 5) is 30.8. The van der Waals surface area contributed by atoms with Crippen LogP contribution in [0.3, 0.4) is 0 Å². The van der Waals surface area contributed by atoms with Crippen LogP contribution in [0, 0.1) is 11.3 Å². The van der Waals surface area contributed by atoms with E-state index in [0.29, 0.717) is 30.0 Å². The number of anilines is 2. The quantitative estimate of drug-likeness (QED) is 0.634. The molecule has 0 spiro atoms. The van der Waals surface area contributed by atoms with Gasteiger partial charge in [0.25, 0.3) is 5.91 Å². The van der Waals surface area contributed by atoms with Crippen molar-refractivity contribution in [2.24, 2.45) is 0 Å². The molecule has 0 aliphatic rings. The summed E-state index contributed by atoms with van der Waals surface area (Å²) in [5, 5.41) is 14.3. The Balaban J connectivity index is 1.58. The predicted molar refractivity (Wildman–Crippen MR) is 95.4 cm³/mol. The molecule has 0 unspecified atom stereocenters. The van der Waals surface area contributed by atoms with Crippen molar-refractivity contribution in [1.82, 2.24) is 14.5 Å². The first-order valence-electron chi connectivity index (χ1n) is 7.90. The van der Waals surface area contributed by atoms with Gasteiger partial charge in [-0.05, 0) is 30.3 Å². The first-order valence-corrected chi connectivity index (χ1v) is 7.90. The van der Waals surface area contributed by atoms with E-state index < -0.39 is 0 Å². The fourth-order valence-electron chi connectivity index (χ4n) is 2.34. The predicted octanol–water partition coefficient (Wildman–Crippen LogP) is 2.36. The maximum atomic E-state index is 12.2. The van der Waals surface area contributed by atoms with E-state index in [4.69, 9.17) is 5.26 Å². The third kappa shape index (κ3) is 4.36. The molecule has 0 saturated heterocycles. The summed E-state index contributed by atoms with van der Waals surface area (Å²) in [5.41, 5.74) is 1.73. The van der Waals surface area contributed by atoms with Gasteiger partial charge in [-0.15, -0.1) is 0 Å². The van der Waals surface area contributed by atoms with E-state index in [2.05, 4.69) is 20.6 Å². The summed E-state index contributed by atoms with van der Waals surface area (Å²) < 4.78 is 1.82. The van der Waals surface area contributed by atoms with Crippen LogP contribution in [-0.2, 0) is 11.3 Å². The third-order valence-corrected chi connectivity index (χ3v) is 3.61. The molecule has 2 amide bonds. The number of aryl methyl sites for hydroxylation is 1. The molecule has 0 saturated carbocycles. The van der Waals surface area contributed by atoms with Crippen LogP contribution in [0.4, 0.5) is 11.4 Å². The molecule has 3 N–H and O–H groups in total. The Hall–Kier alpha value is -3.86. The van der Waals surface area contributed by atoms with Gasteiger partial charge in [-0.25, -0.2) is 4.98 Å². The molecule has 1 aromatic carbocycles. The molecule has 3 aromatic rings. The summed E-state index contributed by atoms with van der Waals surface area (Å²) in [7, 11) is 0. The molecule has 130 valence electrons. The lowest BCUT2D eigenvalue weighted by molar-refractivity contribution is -0.116. The van der Waals surface area contributed by atoms with Crippen LogP contribution in [0.15, 0.2) is 55.1 Å². The summed E-state index contributed by atoms with van der Waals surface area (Å²) in [6.07, 6.45) is 5.42. The van der Waals surface area contributed by atoms with Crippen LogP contribution in [0.1, 0.15) is 22.6 Å². The number of aromatic amines is 1. The minimum absolute atomic E-state index is 0.134. The molecule has 3 rings (SSSR count). The second kappa shape index (κ2) is 7.81. The number of carbonyl (C=O) groups is 2. The Morgan fingerprint density at radius 3 is 2.69 bits per heavy atom. The zero-order valence-corrected chi connectivity index (χ0v) is 13.8. The van der Waals surface area contributed by atoms with Crippen LogP contribution in [0.5, 0.6) is 0 Å². The van der Waals surface area contributed by atoms with Crippen LogP contribution in [-0.4, -0.2) is 26.3 Å². The highest BCUT2D eigenvalue weighted by molar-refractivity contribution is 6.03. The molecule has 2 aromatic heterocycles. The zero-order chi connectivity index (χ0) is 18.4. The van der Waals surface area contributed by atoms with Crippen molar-refractivity contribution in [1.29, 1.82) is 5.26 Å². The number of nitrogens with one attached hydrogen (secondary N) is 3. The van der Waals surface area contributed by atoms with Crippen molar-refractivity contribution in [2.45, 2.75) is 13.0 Å². The lowest BCUT2D eigenvalue weighted by atomic mass is 10.2. The molecule has 8 nitrogen and oxygen atoms in total. The number of imidazole rings is 1. The van der Waals surface area contributed by atoms with Gasteiger partial charge in [-0.1, -0.05) is 6.07 Å². The number of nitrogens with zero attached hydrogens (tertiary/aromatic N) is 3. The molecule has 0 fully saturated rings. The Morgan fingerprint density at radius 2 is 2.00 bits per heavy atom. The van der Waals surface area contributed by atoms with Crippen molar-refractivity contribution in [3.8, 4) is 6.07 Å². The summed E-state index contributed by atoms with van der Waals surface area (Å²) in [6.45, 7) is 0.538. The highest BCUT2D eigenvalue weighted by atomic mass is 16.2. The Morgan fingerprint density at radius 1 is 1.19 bits per heavy atom. The minimum atomic E-state index is -0.366. The van der Waals surface area contributed by atoms with Gasteiger partial charge in [-0.3, -0.25) is 9.59 Å². The second-order valence-electron chi connectivity index (χ2n) is 5.53. The number of nitriles is 1. The topological polar surface area (TPSA) is 116 Å². The number of carbonyl (C=O) groups excluding carboxylic acids is 2. The van der Waals surface area contributed by atoms with Crippen molar-refractivity contribution in [3.63, 3.8) is 0 Å². The lowest BCUT2D eigenvalue weighted by Gasteiger charge is -2.09. The number of rotatable bonds is 6. The number of hydrogen-bond acceptors (Lipinski definition) is 4. The molecule has 0 aliphatic heterocycles. The minimum Gasteiger partial charge on any atom is -0.342 e. The average Bonchev–Trinajstić information content (AvgIpc) is 3.32. The van der Waals surface area contributed by atoms with Crippen LogP contribution in [0.2, 0.25) is 0 Å². The van der Waals surface area contributed by atoms with E-state index in [1.807, 2.05) is 10.6 Å². The smallest absolute Gasteiger partial charge is 0.272 e. The molecule has 26 heavy (non-hydrogen) atoms. The lowest BCUT2D eigenvalue weighted by Crippen LogP contribution is -2.15. The van der Waals surface area contributed by atoms with Gasteiger partial charge in [0.05, 0.1) is 6.33 Å². The van der Waals surface area contributed by atoms with E-state index in [9.17, 15) is 9.59 Å². The molecule has 0 aliphatic carbocycles. The number of benzene rings is 1. The Bertz CT molecular complexity index is 952. The fraction of sp³-hybridized carbons (Fsp3) is 0.111. The average molecular weight is 348 g/mol. The second-order valence-corrected chi connectivity index (χ2v) is 5.53. The van der Waals surface area contributed by atoms with E-state index in [-0.39, 0.29) is 17.5 Å². The van der Waals surface area contributed by atoms with Gasteiger partial charge in [0, 0.05) is 36.7 Å². The number of aromatic nitrogens is 3. The molecule has 8 heteroatoms. The van der Waals surface area contributed by atoms with Gasteiger partial charge < -0.3 is 20.2 Å². The van der Waals surface area contributed by atoms with Gasteiger partial charge in [0.15, 0.2) is 0 Å². The van der Waals surface area contributed by atoms with Crippen LogP contribution in [0.25, 0.3) is 0 Å². The molecular weight excluding hydrogens is 332 g/mol. The molecule has 2 heterocycles. The van der Waals surface area contributed by atoms with Crippen molar-refractivity contribution >= 4 is 23.2 Å². The maximum absolute atomic E-state index is 12.2. The molecule has 0 bridgehead atoms. The largest absolute Gasteiger partial charge is 0.342 e. The van der Waals surface area contributed by atoms with E-state index in [1.165, 1.54) is 12.1 Å². The number of H-pyrrole nitrogens is 1. The zero-order valence-electron chi connectivity index (χ0n) is 13.8. The van der Waals surface area contributed by atoms with Gasteiger partial charge in [0.2, 0.25) is 5.91 Å². The standard InChI is InChI=1S/C18H16N6O2/c19-11-15-4-5-16(21-15)18(26)23-14-3-1-2-13(10-14)22-17(25)6-8-24-9-7-20-12-24/h1-5,7,9-10,12,21H,6,8H2,(H,22,25)(H,23,26). The highest BCUT2D eigenvalue weighted by Crippen LogP contribution is 2.16. The number of hydrogen-bond donors (Lipinski definition) is 3. The first kappa shape index (κ1) is 17.0. The normalized spacial score (nSPS) is 10.1. The fourth-order valence-corrected chi connectivity index (χ4v) is 2.34. The monoisotopic (exact) mass is 348 g/mol. The van der Waals surface area contributed by atoms with Gasteiger partial charge in [0.1, 0.15) is 17.5 Å². The van der Waals surface area contributed by atoms with Crippen molar-refractivity contribution in [3.05, 3.63) is 66.5 Å².